The van der Waals surface area contributed by atoms with E-state index in [1.54, 1.807) is 7.11 Å². The van der Waals surface area contributed by atoms with Gasteiger partial charge in [0.05, 0.1) is 18.4 Å². The molecule has 1 heterocycles. The van der Waals surface area contributed by atoms with Crippen LogP contribution in [0.4, 0.5) is 0 Å². The second kappa shape index (κ2) is 5.45. The van der Waals surface area contributed by atoms with E-state index >= 15 is 0 Å². The third-order valence-corrected chi connectivity index (χ3v) is 3.44. The van der Waals surface area contributed by atoms with Gasteiger partial charge < -0.3 is 15.0 Å². The summed E-state index contributed by atoms with van der Waals surface area (Å²) in [5, 5.41) is 4.05. The van der Waals surface area contributed by atoms with Crippen molar-refractivity contribution < 1.29 is 9.26 Å². The average molecular weight is 260 g/mol. The fraction of sp³-hybridized carbons (Fsp3) is 0.400. The van der Waals surface area contributed by atoms with Crippen molar-refractivity contribution in [1.82, 2.24) is 5.16 Å². The van der Waals surface area contributed by atoms with Gasteiger partial charge >= 0.3 is 0 Å². The third-order valence-electron chi connectivity index (χ3n) is 3.44. The Kier molecular flexibility index (Phi) is 3.90. The predicted molar refractivity (Wildman–Crippen MR) is 75.5 cm³/mol. The van der Waals surface area contributed by atoms with Gasteiger partial charge in [0.1, 0.15) is 5.75 Å². The number of aromatic nitrogens is 1. The van der Waals surface area contributed by atoms with Crippen molar-refractivity contribution in [1.29, 1.82) is 0 Å². The van der Waals surface area contributed by atoms with Gasteiger partial charge in [0.15, 0.2) is 5.76 Å². The zero-order valence-electron chi connectivity index (χ0n) is 11.9. The highest BCUT2D eigenvalue weighted by Gasteiger charge is 2.18. The van der Waals surface area contributed by atoms with Gasteiger partial charge in [0.2, 0.25) is 0 Å². The molecule has 2 rings (SSSR count). The van der Waals surface area contributed by atoms with Crippen LogP contribution < -0.4 is 10.5 Å². The van der Waals surface area contributed by atoms with Gasteiger partial charge in [-0.2, -0.15) is 0 Å². The number of aryl methyl sites for hydroxylation is 3. The molecule has 0 radical (unpaired) electrons. The van der Waals surface area contributed by atoms with E-state index in [0.29, 0.717) is 6.54 Å². The van der Waals surface area contributed by atoms with E-state index in [1.807, 2.05) is 13.0 Å². The number of hydrogen-bond donors (Lipinski definition) is 1. The maximum Gasteiger partial charge on any atom is 0.174 e. The molecule has 1 aromatic carbocycles. The summed E-state index contributed by atoms with van der Waals surface area (Å²) >= 11 is 0. The molecule has 2 aromatic rings. The lowest BCUT2D eigenvalue weighted by atomic mass is 9.99. The van der Waals surface area contributed by atoms with E-state index in [-0.39, 0.29) is 0 Å². The Bertz CT molecular complexity index is 588. The molecule has 102 valence electrons. The molecular formula is C15H20N2O2. The molecule has 0 spiro atoms. The minimum Gasteiger partial charge on any atom is -0.496 e. The molecule has 0 saturated carbocycles. The standard InChI is InChI=1S/C15H20N2O2/c1-9-7-13(14(18-4)8-10(9)2)15-12(5-6-16)11(3)17-19-15/h7-8H,5-6,16H2,1-4H3. The van der Waals surface area contributed by atoms with Gasteiger partial charge in [0.25, 0.3) is 0 Å². The number of rotatable bonds is 4. The van der Waals surface area contributed by atoms with Gasteiger partial charge in [-0.05, 0) is 57.0 Å². The molecule has 4 heteroatoms. The van der Waals surface area contributed by atoms with E-state index < -0.39 is 0 Å². The summed E-state index contributed by atoms with van der Waals surface area (Å²) in [6.45, 7) is 6.64. The number of nitrogens with two attached hydrogens (primary N) is 1. The number of methoxy groups -OCH3 is 1. The van der Waals surface area contributed by atoms with Gasteiger partial charge in [-0.3, -0.25) is 0 Å². The Hall–Kier alpha value is -1.81. The molecule has 1 aromatic heterocycles. The highest BCUT2D eigenvalue weighted by Crippen LogP contribution is 2.35. The SMILES string of the molecule is COc1cc(C)c(C)cc1-c1onc(C)c1CCN. The number of ether oxygens (including phenoxy) is 1. The van der Waals surface area contributed by atoms with Gasteiger partial charge in [-0.25, -0.2) is 0 Å². The Morgan fingerprint density at radius 1 is 1.21 bits per heavy atom. The van der Waals surface area contributed by atoms with Crippen molar-refractivity contribution >= 4 is 0 Å². The first-order valence-electron chi connectivity index (χ1n) is 6.39. The molecule has 0 atom stereocenters. The molecule has 19 heavy (non-hydrogen) atoms. The Morgan fingerprint density at radius 2 is 1.89 bits per heavy atom. The van der Waals surface area contributed by atoms with Crippen LogP contribution in [-0.2, 0) is 6.42 Å². The lowest BCUT2D eigenvalue weighted by Crippen LogP contribution is -2.04. The topological polar surface area (TPSA) is 61.3 Å². The summed E-state index contributed by atoms with van der Waals surface area (Å²) in [6.07, 6.45) is 0.751. The van der Waals surface area contributed by atoms with E-state index in [2.05, 4.69) is 25.1 Å². The average Bonchev–Trinajstić information content (AvgIpc) is 2.74. The molecule has 0 bridgehead atoms. The van der Waals surface area contributed by atoms with Gasteiger partial charge in [0, 0.05) is 5.56 Å². The quantitative estimate of drug-likeness (QED) is 0.918. The maximum atomic E-state index is 5.66. The van der Waals surface area contributed by atoms with E-state index in [0.717, 1.165) is 34.8 Å². The van der Waals surface area contributed by atoms with Crippen LogP contribution >= 0.6 is 0 Å². The zero-order chi connectivity index (χ0) is 14.0. The fourth-order valence-electron chi connectivity index (χ4n) is 2.18. The second-order valence-corrected chi connectivity index (χ2v) is 4.75. The monoisotopic (exact) mass is 260 g/mol. The van der Waals surface area contributed by atoms with Crippen LogP contribution in [0.1, 0.15) is 22.4 Å². The molecule has 4 nitrogen and oxygen atoms in total. The summed E-state index contributed by atoms with van der Waals surface area (Å²) in [7, 11) is 1.67. The predicted octanol–water partition coefficient (Wildman–Crippen LogP) is 2.78. The largest absolute Gasteiger partial charge is 0.496 e. The normalized spacial score (nSPS) is 10.8. The maximum absolute atomic E-state index is 5.66. The van der Waals surface area contributed by atoms with E-state index in [9.17, 15) is 0 Å². The number of hydrogen-bond acceptors (Lipinski definition) is 4. The summed E-state index contributed by atoms with van der Waals surface area (Å²) < 4.78 is 10.9. The fourth-order valence-corrected chi connectivity index (χ4v) is 2.18. The molecule has 0 aliphatic carbocycles. The summed E-state index contributed by atoms with van der Waals surface area (Å²) in [5.41, 5.74) is 10.9. The first-order valence-corrected chi connectivity index (χ1v) is 6.39. The highest BCUT2D eigenvalue weighted by molar-refractivity contribution is 5.70. The second-order valence-electron chi connectivity index (χ2n) is 4.75. The smallest absolute Gasteiger partial charge is 0.174 e. The zero-order valence-corrected chi connectivity index (χ0v) is 11.9. The van der Waals surface area contributed by atoms with E-state index in [1.165, 1.54) is 11.1 Å². The van der Waals surface area contributed by atoms with Crippen molar-refractivity contribution in [3.8, 4) is 17.1 Å². The van der Waals surface area contributed by atoms with Crippen LogP contribution in [0.2, 0.25) is 0 Å². The van der Waals surface area contributed by atoms with Crippen LogP contribution in [0.5, 0.6) is 5.75 Å². The molecular weight excluding hydrogens is 240 g/mol. The number of nitrogens with zero attached hydrogens (tertiary/aromatic N) is 1. The molecule has 0 saturated heterocycles. The minimum absolute atomic E-state index is 0.572. The molecule has 0 unspecified atom stereocenters. The lowest BCUT2D eigenvalue weighted by Gasteiger charge is -2.11. The van der Waals surface area contributed by atoms with Crippen LogP contribution in [0, 0.1) is 20.8 Å². The summed E-state index contributed by atoms with van der Waals surface area (Å²) in [4.78, 5) is 0. The third kappa shape index (κ3) is 2.49. The Labute approximate surface area is 113 Å². The van der Waals surface area contributed by atoms with E-state index in [4.69, 9.17) is 15.0 Å². The van der Waals surface area contributed by atoms with Crippen molar-refractivity contribution in [3.63, 3.8) is 0 Å². The molecule has 0 amide bonds. The van der Waals surface area contributed by atoms with Gasteiger partial charge in [-0.15, -0.1) is 0 Å². The van der Waals surface area contributed by atoms with Gasteiger partial charge in [-0.1, -0.05) is 5.16 Å². The highest BCUT2D eigenvalue weighted by atomic mass is 16.5. The first-order chi connectivity index (χ1) is 9.08. The Balaban J connectivity index is 2.61. The van der Waals surface area contributed by atoms with Crippen molar-refractivity contribution in [2.75, 3.05) is 13.7 Å². The summed E-state index contributed by atoms with van der Waals surface area (Å²) in [6, 6.07) is 4.10. The summed E-state index contributed by atoms with van der Waals surface area (Å²) in [5.74, 6) is 1.57. The van der Waals surface area contributed by atoms with Crippen LogP contribution in [0.3, 0.4) is 0 Å². The first kappa shape index (κ1) is 13.6. The van der Waals surface area contributed by atoms with Crippen molar-refractivity contribution in [2.24, 2.45) is 5.73 Å². The lowest BCUT2D eigenvalue weighted by molar-refractivity contribution is 0.404. The Morgan fingerprint density at radius 3 is 2.53 bits per heavy atom. The van der Waals surface area contributed by atoms with Crippen LogP contribution in [0.15, 0.2) is 16.7 Å². The molecule has 0 aliphatic rings. The van der Waals surface area contributed by atoms with Crippen LogP contribution in [0.25, 0.3) is 11.3 Å². The minimum atomic E-state index is 0.572. The molecule has 2 N–H and O–H groups in total. The van der Waals surface area contributed by atoms with Crippen molar-refractivity contribution in [2.45, 2.75) is 27.2 Å². The number of benzene rings is 1. The van der Waals surface area contributed by atoms with Crippen LogP contribution in [-0.4, -0.2) is 18.8 Å². The van der Waals surface area contributed by atoms with Crippen molar-refractivity contribution in [3.05, 3.63) is 34.5 Å². The molecule has 0 fully saturated rings. The molecule has 0 aliphatic heterocycles.